The van der Waals surface area contributed by atoms with Crippen LogP contribution in [0, 0.1) is 0 Å². The van der Waals surface area contributed by atoms with Gasteiger partial charge in [-0.1, -0.05) is 46.1 Å². The molecule has 19 heavy (non-hydrogen) atoms. The highest BCUT2D eigenvalue weighted by Gasteiger charge is 2.25. The van der Waals surface area contributed by atoms with Gasteiger partial charge in [0.2, 0.25) is 0 Å². The summed E-state index contributed by atoms with van der Waals surface area (Å²) in [7, 11) is 0. The highest BCUT2D eigenvalue weighted by molar-refractivity contribution is 5.46. The van der Waals surface area contributed by atoms with Crippen molar-refractivity contribution in [3.63, 3.8) is 0 Å². The van der Waals surface area contributed by atoms with Gasteiger partial charge in [-0.2, -0.15) is 0 Å². The summed E-state index contributed by atoms with van der Waals surface area (Å²) < 4.78 is 0. The smallest absolute Gasteiger partial charge is 0.121 e. The summed E-state index contributed by atoms with van der Waals surface area (Å²) in [6.45, 7) is 6.07. The Hall–Kier alpha value is -1.06. The minimum atomic E-state index is -0.249. The second-order valence-electron chi connectivity index (χ2n) is 5.75. The third kappa shape index (κ3) is 3.71. The molecule has 0 saturated heterocycles. The predicted molar refractivity (Wildman–Crippen MR) is 77.1 cm³/mol. The number of unbranched alkanes of at least 4 members (excludes halogenated alkanes) is 2. The maximum absolute atomic E-state index is 9.76. The van der Waals surface area contributed by atoms with Crippen molar-refractivity contribution in [1.29, 1.82) is 0 Å². The van der Waals surface area contributed by atoms with Crippen LogP contribution in [0.25, 0.3) is 0 Å². The van der Waals surface area contributed by atoms with Crippen molar-refractivity contribution in [1.82, 2.24) is 0 Å². The van der Waals surface area contributed by atoms with Gasteiger partial charge < -0.3 is 15.3 Å². The van der Waals surface area contributed by atoms with E-state index in [0.29, 0.717) is 11.1 Å². The first-order valence-electron chi connectivity index (χ1n) is 7.03. The van der Waals surface area contributed by atoms with Crippen molar-refractivity contribution in [3.8, 4) is 5.75 Å². The Labute approximate surface area is 115 Å². The molecule has 0 aliphatic carbocycles. The lowest BCUT2D eigenvalue weighted by atomic mass is 9.76. The molecule has 0 unspecified atom stereocenters. The maximum atomic E-state index is 9.76. The Balaban J connectivity index is 3.11. The van der Waals surface area contributed by atoms with E-state index < -0.39 is 0 Å². The molecule has 0 aliphatic heterocycles. The van der Waals surface area contributed by atoms with E-state index in [1.807, 2.05) is 6.07 Å². The maximum Gasteiger partial charge on any atom is 0.121 e. The van der Waals surface area contributed by atoms with Gasteiger partial charge in [-0.3, -0.25) is 0 Å². The summed E-state index contributed by atoms with van der Waals surface area (Å²) in [4.78, 5) is 0. The van der Waals surface area contributed by atoms with Gasteiger partial charge in [-0.25, -0.2) is 0 Å². The van der Waals surface area contributed by atoms with Gasteiger partial charge in [0.1, 0.15) is 5.75 Å². The predicted octanol–water partition coefficient (Wildman–Crippen LogP) is 3.23. The summed E-state index contributed by atoms with van der Waals surface area (Å²) in [6, 6.07) is 3.48. The van der Waals surface area contributed by atoms with Crippen LogP contribution >= 0.6 is 0 Å². The fourth-order valence-electron chi connectivity index (χ4n) is 2.62. The summed E-state index contributed by atoms with van der Waals surface area (Å²) in [6.07, 6.45) is 4.55. The summed E-state index contributed by atoms with van der Waals surface area (Å²) in [5, 5.41) is 28.7. The molecule has 3 nitrogen and oxygen atoms in total. The molecule has 3 heteroatoms. The van der Waals surface area contributed by atoms with E-state index in [2.05, 4.69) is 20.8 Å². The molecular formula is C16H26O3. The molecule has 0 heterocycles. The molecule has 1 rings (SSSR count). The molecule has 0 spiro atoms. The van der Waals surface area contributed by atoms with Crippen molar-refractivity contribution >= 4 is 0 Å². The number of aliphatic hydroxyl groups is 2. The van der Waals surface area contributed by atoms with Crippen LogP contribution in [0.3, 0.4) is 0 Å². The molecule has 0 aromatic heterocycles. The van der Waals surface area contributed by atoms with Crippen LogP contribution in [-0.4, -0.2) is 15.3 Å². The largest absolute Gasteiger partial charge is 0.508 e. The monoisotopic (exact) mass is 266 g/mol. The molecule has 0 atom stereocenters. The summed E-state index contributed by atoms with van der Waals surface area (Å²) in [5.41, 5.74) is 2.07. The molecule has 0 aliphatic rings. The molecule has 0 bridgehead atoms. The molecule has 0 amide bonds. The Morgan fingerprint density at radius 1 is 1.00 bits per heavy atom. The van der Waals surface area contributed by atoms with Crippen LogP contribution in [0.4, 0.5) is 0 Å². The number of rotatable bonds is 7. The van der Waals surface area contributed by atoms with Gasteiger partial charge >= 0.3 is 0 Å². The van der Waals surface area contributed by atoms with Crippen LogP contribution in [0.1, 0.15) is 63.1 Å². The molecule has 0 radical (unpaired) electrons. The number of hydrogen-bond acceptors (Lipinski definition) is 3. The van der Waals surface area contributed by atoms with Crippen LogP contribution in [-0.2, 0) is 18.6 Å². The molecule has 0 saturated carbocycles. The number of phenols is 1. The van der Waals surface area contributed by atoms with Gasteiger partial charge in [-0.15, -0.1) is 0 Å². The molecule has 1 aromatic carbocycles. The van der Waals surface area contributed by atoms with Crippen LogP contribution < -0.4 is 0 Å². The van der Waals surface area contributed by atoms with Crippen molar-refractivity contribution in [2.24, 2.45) is 0 Å². The van der Waals surface area contributed by atoms with Crippen molar-refractivity contribution in [2.75, 3.05) is 0 Å². The zero-order valence-electron chi connectivity index (χ0n) is 12.2. The Bertz CT molecular complexity index is 411. The number of hydrogen-bond donors (Lipinski definition) is 3. The minimum absolute atomic E-state index is 0.0552. The summed E-state index contributed by atoms with van der Waals surface area (Å²) >= 11 is 0. The van der Waals surface area contributed by atoms with E-state index in [9.17, 15) is 15.3 Å². The number of benzene rings is 1. The average molecular weight is 266 g/mol. The van der Waals surface area contributed by atoms with Gasteiger partial charge in [0, 0.05) is 5.56 Å². The Morgan fingerprint density at radius 2 is 1.63 bits per heavy atom. The first-order chi connectivity index (χ1) is 8.97. The van der Waals surface area contributed by atoms with E-state index in [0.717, 1.165) is 18.4 Å². The lowest BCUT2D eigenvalue weighted by Crippen LogP contribution is -2.20. The second-order valence-corrected chi connectivity index (χ2v) is 5.75. The SMILES string of the molecule is CCCCCC(C)(C)c1ccc(O)c(CO)c1CO. The summed E-state index contributed by atoms with van der Waals surface area (Å²) in [5.74, 6) is 0.0552. The fraction of sp³-hybridized carbons (Fsp3) is 0.625. The van der Waals surface area contributed by atoms with E-state index in [-0.39, 0.29) is 24.4 Å². The van der Waals surface area contributed by atoms with E-state index in [1.165, 1.54) is 12.8 Å². The molecule has 0 fully saturated rings. The Kier molecular flexibility index (Phi) is 5.83. The van der Waals surface area contributed by atoms with E-state index in [4.69, 9.17) is 0 Å². The van der Waals surface area contributed by atoms with Crippen molar-refractivity contribution in [2.45, 2.75) is 65.1 Å². The third-order valence-corrected chi connectivity index (χ3v) is 3.86. The zero-order valence-corrected chi connectivity index (χ0v) is 12.2. The van der Waals surface area contributed by atoms with Crippen LogP contribution in [0.5, 0.6) is 5.75 Å². The normalized spacial score (nSPS) is 11.8. The first-order valence-corrected chi connectivity index (χ1v) is 7.03. The van der Waals surface area contributed by atoms with Crippen molar-refractivity contribution < 1.29 is 15.3 Å². The van der Waals surface area contributed by atoms with E-state index >= 15 is 0 Å². The fourth-order valence-corrected chi connectivity index (χ4v) is 2.62. The highest BCUT2D eigenvalue weighted by atomic mass is 16.3. The number of aliphatic hydroxyl groups excluding tert-OH is 2. The lowest BCUT2D eigenvalue weighted by molar-refractivity contribution is 0.251. The quantitative estimate of drug-likeness (QED) is 0.664. The first kappa shape index (κ1) is 16.0. The third-order valence-electron chi connectivity index (χ3n) is 3.86. The standard InChI is InChI=1S/C16H26O3/c1-4-5-6-9-16(2,3)14-7-8-15(19)13(11-18)12(14)10-17/h7-8,17-19H,4-6,9-11H2,1-3H3. The minimum Gasteiger partial charge on any atom is -0.508 e. The highest BCUT2D eigenvalue weighted by Crippen LogP contribution is 2.36. The van der Waals surface area contributed by atoms with Crippen molar-refractivity contribution in [3.05, 3.63) is 28.8 Å². The second kappa shape index (κ2) is 6.92. The molecular weight excluding hydrogens is 240 g/mol. The molecule has 1 aromatic rings. The van der Waals surface area contributed by atoms with Gasteiger partial charge in [0.05, 0.1) is 13.2 Å². The van der Waals surface area contributed by atoms with Crippen LogP contribution in [0.2, 0.25) is 0 Å². The Morgan fingerprint density at radius 3 is 2.16 bits per heavy atom. The molecule has 108 valence electrons. The zero-order chi connectivity index (χ0) is 14.5. The van der Waals surface area contributed by atoms with E-state index in [1.54, 1.807) is 6.07 Å². The average Bonchev–Trinajstić information content (AvgIpc) is 2.38. The van der Waals surface area contributed by atoms with Crippen LogP contribution in [0.15, 0.2) is 12.1 Å². The van der Waals surface area contributed by atoms with Gasteiger partial charge in [0.25, 0.3) is 0 Å². The van der Waals surface area contributed by atoms with Gasteiger partial charge in [-0.05, 0) is 29.0 Å². The lowest BCUT2D eigenvalue weighted by Gasteiger charge is -2.29. The molecule has 3 N–H and O–H groups in total. The number of aromatic hydroxyl groups is 1. The van der Waals surface area contributed by atoms with Gasteiger partial charge in [0.15, 0.2) is 0 Å². The topological polar surface area (TPSA) is 60.7 Å².